The summed E-state index contributed by atoms with van der Waals surface area (Å²) >= 11 is 0. The Labute approximate surface area is 125 Å². The third-order valence-corrected chi connectivity index (χ3v) is 4.71. The van der Waals surface area contributed by atoms with E-state index >= 15 is 0 Å². The van der Waals surface area contributed by atoms with Crippen LogP contribution in [0.2, 0.25) is 0 Å². The predicted octanol–water partition coefficient (Wildman–Crippen LogP) is 4.75. The highest BCUT2D eigenvalue weighted by Crippen LogP contribution is 2.51. The van der Waals surface area contributed by atoms with Gasteiger partial charge in [0.05, 0.1) is 0 Å². The summed E-state index contributed by atoms with van der Waals surface area (Å²) in [5.74, 6) is 0.522. The molecule has 0 aliphatic heterocycles. The van der Waals surface area contributed by atoms with Crippen molar-refractivity contribution in [1.82, 2.24) is 0 Å². The molecule has 2 rings (SSSR count). The molecule has 0 spiro atoms. The fourth-order valence-electron chi connectivity index (χ4n) is 2.01. The molecule has 0 heterocycles. The maximum Gasteiger partial charge on any atom is 0.529 e. The highest BCUT2D eigenvalue weighted by molar-refractivity contribution is 7.48. The van der Waals surface area contributed by atoms with Gasteiger partial charge in [0.15, 0.2) is 0 Å². The average molecular weight is 306 g/mol. The van der Waals surface area contributed by atoms with Crippen LogP contribution >= 0.6 is 7.82 Å². The molecule has 0 saturated heterocycles. The van der Waals surface area contributed by atoms with Gasteiger partial charge >= 0.3 is 7.82 Å². The Morgan fingerprint density at radius 2 is 1.52 bits per heavy atom. The molecule has 0 bridgehead atoms. The summed E-state index contributed by atoms with van der Waals surface area (Å²) in [6.07, 6.45) is 0. The van der Waals surface area contributed by atoms with Crippen molar-refractivity contribution >= 4 is 7.82 Å². The molecule has 0 aliphatic rings. The number of phosphoric acid groups is 1. The van der Waals surface area contributed by atoms with Crippen LogP contribution in [0, 0.1) is 13.8 Å². The fourth-order valence-corrected chi connectivity index (χ4v) is 2.77. The van der Waals surface area contributed by atoms with Gasteiger partial charge in [-0.15, -0.1) is 0 Å². The molecule has 0 saturated carbocycles. The summed E-state index contributed by atoms with van der Waals surface area (Å²) < 4.78 is 27.7. The van der Waals surface area contributed by atoms with Crippen LogP contribution in [0.5, 0.6) is 5.75 Å². The van der Waals surface area contributed by atoms with Gasteiger partial charge in [-0.25, -0.2) is 4.57 Å². The SMILES string of the molecule is COP(=O)(OC)Oc1c(-c2ccccc2)ccc(C)c1C. The van der Waals surface area contributed by atoms with E-state index in [0.29, 0.717) is 5.75 Å². The van der Waals surface area contributed by atoms with Gasteiger partial charge in [0.1, 0.15) is 5.75 Å². The van der Waals surface area contributed by atoms with Gasteiger partial charge in [0.2, 0.25) is 0 Å². The number of benzene rings is 2. The zero-order valence-electron chi connectivity index (χ0n) is 12.6. The van der Waals surface area contributed by atoms with Crippen molar-refractivity contribution in [2.45, 2.75) is 13.8 Å². The molecule has 0 unspecified atom stereocenters. The summed E-state index contributed by atoms with van der Waals surface area (Å²) in [6.45, 7) is 3.90. The Bertz CT molecular complexity index is 659. The lowest BCUT2D eigenvalue weighted by Crippen LogP contribution is -2.01. The van der Waals surface area contributed by atoms with Gasteiger partial charge in [-0.05, 0) is 30.5 Å². The van der Waals surface area contributed by atoms with Gasteiger partial charge in [-0.3, -0.25) is 9.05 Å². The summed E-state index contributed by atoms with van der Waals surface area (Å²) in [6, 6.07) is 13.7. The van der Waals surface area contributed by atoms with Crippen molar-refractivity contribution in [1.29, 1.82) is 0 Å². The standard InChI is InChI=1S/C16H19O4P/c1-12-10-11-15(14-8-6-5-7-9-14)16(13(12)2)20-21(17,18-3)19-4/h5-11H,1-4H3. The van der Waals surface area contributed by atoms with Gasteiger partial charge in [0, 0.05) is 19.8 Å². The molecule has 0 amide bonds. The minimum Gasteiger partial charge on any atom is -0.403 e. The van der Waals surface area contributed by atoms with Crippen LogP contribution in [-0.2, 0) is 13.6 Å². The molecule has 0 fully saturated rings. The zero-order chi connectivity index (χ0) is 15.5. The lowest BCUT2D eigenvalue weighted by molar-refractivity contribution is 0.211. The van der Waals surface area contributed by atoms with E-state index in [2.05, 4.69) is 0 Å². The normalized spacial score (nSPS) is 11.4. The monoisotopic (exact) mass is 306 g/mol. The number of aryl methyl sites for hydroxylation is 1. The van der Waals surface area contributed by atoms with Crippen molar-refractivity contribution in [2.75, 3.05) is 14.2 Å². The maximum atomic E-state index is 12.3. The Morgan fingerprint density at radius 1 is 0.905 bits per heavy atom. The third kappa shape index (κ3) is 3.35. The lowest BCUT2D eigenvalue weighted by Gasteiger charge is -2.20. The summed E-state index contributed by atoms with van der Waals surface area (Å²) in [4.78, 5) is 0. The van der Waals surface area contributed by atoms with Crippen LogP contribution in [-0.4, -0.2) is 14.2 Å². The van der Waals surface area contributed by atoms with Gasteiger partial charge in [0.25, 0.3) is 0 Å². The number of hydrogen-bond donors (Lipinski definition) is 0. The van der Waals surface area contributed by atoms with E-state index in [1.165, 1.54) is 14.2 Å². The van der Waals surface area contributed by atoms with E-state index < -0.39 is 7.82 Å². The Morgan fingerprint density at radius 3 is 2.10 bits per heavy atom. The minimum absolute atomic E-state index is 0.522. The second-order valence-electron chi connectivity index (χ2n) is 4.65. The molecule has 2 aromatic rings. The molecular weight excluding hydrogens is 287 g/mol. The van der Waals surface area contributed by atoms with Crippen LogP contribution in [0.4, 0.5) is 0 Å². The van der Waals surface area contributed by atoms with Crippen molar-refractivity contribution in [3.05, 3.63) is 53.6 Å². The van der Waals surface area contributed by atoms with Crippen LogP contribution in [0.15, 0.2) is 42.5 Å². The van der Waals surface area contributed by atoms with E-state index in [1.54, 1.807) is 0 Å². The van der Waals surface area contributed by atoms with Crippen LogP contribution in [0.25, 0.3) is 11.1 Å². The van der Waals surface area contributed by atoms with E-state index in [0.717, 1.165) is 22.3 Å². The largest absolute Gasteiger partial charge is 0.529 e. The van der Waals surface area contributed by atoms with E-state index in [1.807, 2.05) is 56.3 Å². The molecule has 0 atom stereocenters. The van der Waals surface area contributed by atoms with Crippen molar-refractivity contribution < 1.29 is 18.1 Å². The summed E-state index contributed by atoms with van der Waals surface area (Å²) in [5, 5.41) is 0. The molecule has 0 aromatic heterocycles. The lowest BCUT2D eigenvalue weighted by atomic mass is 9.99. The molecule has 4 nitrogen and oxygen atoms in total. The Balaban J connectivity index is 2.58. The molecule has 0 aliphatic carbocycles. The van der Waals surface area contributed by atoms with Crippen LogP contribution in [0.3, 0.4) is 0 Å². The maximum absolute atomic E-state index is 12.3. The van der Waals surface area contributed by atoms with Gasteiger partial charge in [-0.2, -0.15) is 0 Å². The first-order valence-electron chi connectivity index (χ1n) is 6.57. The molecule has 2 aromatic carbocycles. The smallest absolute Gasteiger partial charge is 0.403 e. The third-order valence-electron chi connectivity index (χ3n) is 3.41. The first-order chi connectivity index (χ1) is 10.0. The quantitative estimate of drug-likeness (QED) is 0.748. The Kier molecular flexibility index (Phi) is 4.84. The molecular formula is C16H19O4P. The molecule has 0 radical (unpaired) electrons. The number of phosphoric ester groups is 1. The second-order valence-corrected chi connectivity index (χ2v) is 6.46. The van der Waals surface area contributed by atoms with Crippen LogP contribution in [0.1, 0.15) is 11.1 Å². The highest BCUT2D eigenvalue weighted by Gasteiger charge is 2.27. The molecule has 0 N–H and O–H groups in total. The average Bonchev–Trinajstić information content (AvgIpc) is 2.52. The van der Waals surface area contributed by atoms with E-state index in [-0.39, 0.29) is 0 Å². The van der Waals surface area contributed by atoms with Gasteiger partial charge in [-0.1, -0.05) is 42.5 Å². The highest BCUT2D eigenvalue weighted by atomic mass is 31.2. The fraction of sp³-hybridized carbons (Fsp3) is 0.250. The van der Waals surface area contributed by atoms with Crippen molar-refractivity contribution in [3.8, 4) is 16.9 Å². The van der Waals surface area contributed by atoms with Crippen molar-refractivity contribution in [2.24, 2.45) is 0 Å². The van der Waals surface area contributed by atoms with Gasteiger partial charge < -0.3 is 4.52 Å². The number of rotatable bonds is 5. The zero-order valence-corrected chi connectivity index (χ0v) is 13.5. The summed E-state index contributed by atoms with van der Waals surface area (Å²) in [7, 11) is -0.991. The minimum atomic E-state index is -3.60. The Hall–Kier alpha value is -1.61. The molecule has 5 heteroatoms. The predicted molar refractivity (Wildman–Crippen MR) is 83.6 cm³/mol. The molecule has 112 valence electrons. The van der Waals surface area contributed by atoms with E-state index in [9.17, 15) is 4.57 Å². The topological polar surface area (TPSA) is 44.8 Å². The first kappa shape index (κ1) is 15.8. The van der Waals surface area contributed by atoms with E-state index in [4.69, 9.17) is 13.6 Å². The first-order valence-corrected chi connectivity index (χ1v) is 8.03. The molecule has 21 heavy (non-hydrogen) atoms. The van der Waals surface area contributed by atoms with Crippen LogP contribution < -0.4 is 4.52 Å². The number of hydrogen-bond acceptors (Lipinski definition) is 4. The van der Waals surface area contributed by atoms with Crippen molar-refractivity contribution in [3.63, 3.8) is 0 Å². The second kappa shape index (κ2) is 6.44. The summed E-state index contributed by atoms with van der Waals surface area (Å²) in [5.41, 5.74) is 3.79.